The van der Waals surface area contributed by atoms with Crippen LogP contribution in [0.15, 0.2) is 48.6 Å². The Hall–Kier alpha value is -1.99. The van der Waals surface area contributed by atoms with Gasteiger partial charge in [0.2, 0.25) is 0 Å². The highest BCUT2D eigenvalue weighted by molar-refractivity contribution is 7.46. The lowest BCUT2D eigenvalue weighted by molar-refractivity contribution is -0.161. The fourth-order valence-electron chi connectivity index (χ4n) is 4.13. The second-order valence-electron chi connectivity index (χ2n) is 10.8. The van der Waals surface area contributed by atoms with Crippen molar-refractivity contribution in [1.29, 1.82) is 0 Å². The standard InChI is InChI=1S/C34H59O8P/c1-3-5-7-9-11-13-14-15-16-17-18-19-20-21-23-24-26-28-33(35)40-30-32(31-41-43(37,38)39)42-34(36)29-27-25-22-12-10-8-6-4-2/h11,13,15-16,18-19,21,23,32H,3-10,12,14,17,20,22,24-31H2,1-2H3,(H2,37,38,39)/b13-11+,16-15+,19-18+,23-21+/t32-/m1/s1. The van der Waals surface area contributed by atoms with Crippen LogP contribution >= 0.6 is 7.82 Å². The number of carbonyl (C=O) groups excluding carboxylic acids is 2. The van der Waals surface area contributed by atoms with E-state index in [0.717, 1.165) is 44.9 Å². The largest absolute Gasteiger partial charge is 0.469 e. The molecule has 0 bridgehead atoms. The first-order valence-electron chi connectivity index (χ1n) is 16.4. The van der Waals surface area contributed by atoms with Crippen LogP contribution in [0.2, 0.25) is 0 Å². The Labute approximate surface area is 261 Å². The zero-order valence-corrected chi connectivity index (χ0v) is 27.7. The molecule has 0 radical (unpaired) electrons. The minimum Gasteiger partial charge on any atom is -0.462 e. The molecule has 0 aromatic rings. The van der Waals surface area contributed by atoms with Crippen LogP contribution in [0.5, 0.6) is 0 Å². The van der Waals surface area contributed by atoms with E-state index < -0.39 is 32.5 Å². The predicted molar refractivity (Wildman–Crippen MR) is 174 cm³/mol. The monoisotopic (exact) mass is 626 g/mol. The van der Waals surface area contributed by atoms with Crippen molar-refractivity contribution in [3.8, 4) is 0 Å². The van der Waals surface area contributed by atoms with Gasteiger partial charge in [-0.1, -0.05) is 120 Å². The van der Waals surface area contributed by atoms with Crippen LogP contribution in [0.25, 0.3) is 0 Å². The number of esters is 2. The Morgan fingerprint density at radius 3 is 1.63 bits per heavy atom. The molecule has 1 atom stereocenters. The first-order valence-corrected chi connectivity index (χ1v) is 18.0. The molecule has 0 saturated heterocycles. The number of hydrogen-bond donors (Lipinski definition) is 2. The van der Waals surface area contributed by atoms with Gasteiger partial charge in [-0.15, -0.1) is 0 Å². The molecule has 0 saturated carbocycles. The highest BCUT2D eigenvalue weighted by Crippen LogP contribution is 2.35. The van der Waals surface area contributed by atoms with Crippen LogP contribution in [0.4, 0.5) is 0 Å². The van der Waals surface area contributed by atoms with Crippen molar-refractivity contribution < 1.29 is 37.9 Å². The second-order valence-corrected chi connectivity index (χ2v) is 12.0. The molecular weight excluding hydrogens is 567 g/mol. The number of rotatable bonds is 29. The van der Waals surface area contributed by atoms with Crippen molar-refractivity contribution in [3.63, 3.8) is 0 Å². The van der Waals surface area contributed by atoms with Crippen molar-refractivity contribution in [2.75, 3.05) is 13.2 Å². The van der Waals surface area contributed by atoms with Crippen LogP contribution in [0.1, 0.15) is 136 Å². The molecule has 2 N–H and O–H groups in total. The Morgan fingerprint density at radius 2 is 1.07 bits per heavy atom. The van der Waals surface area contributed by atoms with Gasteiger partial charge in [-0.25, -0.2) is 4.57 Å². The quantitative estimate of drug-likeness (QED) is 0.0365. The average Bonchev–Trinajstić information content (AvgIpc) is 2.97. The predicted octanol–water partition coefficient (Wildman–Crippen LogP) is 9.23. The van der Waals surface area contributed by atoms with E-state index in [1.54, 1.807) is 0 Å². The van der Waals surface area contributed by atoms with Gasteiger partial charge in [0.1, 0.15) is 6.61 Å². The number of hydrogen-bond acceptors (Lipinski definition) is 6. The summed E-state index contributed by atoms with van der Waals surface area (Å²) in [4.78, 5) is 42.3. The lowest BCUT2D eigenvalue weighted by atomic mass is 10.1. The van der Waals surface area contributed by atoms with E-state index in [1.165, 1.54) is 51.4 Å². The van der Waals surface area contributed by atoms with Crippen LogP contribution in [-0.4, -0.2) is 41.0 Å². The minimum atomic E-state index is -4.75. The summed E-state index contributed by atoms with van der Waals surface area (Å²) in [5, 5.41) is 0. The van der Waals surface area contributed by atoms with Gasteiger partial charge in [0, 0.05) is 12.8 Å². The van der Waals surface area contributed by atoms with Crippen molar-refractivity contribution >= 4 is 19.8 Å². The van der Waals surface area contributed by atoms with E-state index in [1.807, 2.05) is 6.08 Å². The Balaban J connectivity index is 4.11. The normalized spacial score (nSPS) is 13.1. The van der Waals surface area contributed by atoms with Gasteiger partial charge in [0.25, 0.3) is 0 Å². The molecular formula is C34H59O8P. The van der Waals surface area contributed by atoms with Crippen molar-refractivity contribution in [2.24, 2.45) is 0 Å². The second kappa shape index (κ2) is 30.1. The topological polar surface area (TPSA) is 119 Å². The van der Waals surface area contributed by atoms with Crippen LogP contribution in [0, 0.1) is 0 Å². The number of ether oxygens (including phenoxy) is 2. The Kier molecular flexibility index (Phi) is 28.7. The van der Waals surface area contributed by atoms with Crippen molar-refractivity contribution in [1.82, 2.24) is 0 Å². The highest BCUT2D eigenvalue weighted by Gasteiger charge is 2.22. The molecule has 8 nitrogen and oxygen atoms in total. The van der Waals surface area contributed by atoms with E-state index >= 15 is 0 Å². The molecule has 0 fully saturated rings. The molecule has 0 amide bonds. The minimum absolute atomic E-state index is 0.191. The lowest BCUT2D eigenvalue weighted by Gasteiger charge is -2.18. The van der Waals surface area contributed by atoms with E-state index in [4.69, 9.17) is 19.3 Å². The number of unbranched alkanes of at least 4 members (excludes halogenated alkanes) is 11. The summed E-state index contributed by atoms with van der Waals surface area (Å²) in [7, 11) is -4.75. The summed E-state index contributed by atoms with van der Waals surface area (Å²) in [5.41, 5.74) is 0. The average molecular weight is 627 g/mol. The van der Waals surface area contributed by atoms with E-state index in [-0.39, 0.29) is 19.4 Å². The zero-order valence-electron chi connectivity index (χ0n) is 26.8. The molecule has 248 valence electrons. The Morgan fingerprint density at radius 1 is 0.605 bits per heavy atom. The zero-order chi connectivity index (χ0) is 31.9. The first kappa shape index (κ1) is 41.0. The smallest absolute Gasteiger partial charge is 0.462 e. The molecule has 0 aromatic carbocycles. The Bertz CT molecular complexity index is 843. The van der Waals surface area contributed by atoms with Gasteiger partial charge in [-0.05, 0) is 51.4 Å². The summed E-state index contributed by atoms with van der Waals surface area (Å²) < 4.78 is 26.1. The van der Waals surface area contributed by atoms with Crippen LogP contribution in [0.3, 0.4) is 0 Å². The fraction of sp³-hybridized carbons (Fsp3) is 0.706. The van der Waals surface area contributed by atoms with Crippen molar-refractivity contribution in [3.05, 3.63) is 48.6 Å². The van der Waals surface area contributed by atoms with E-state index in [9.17, 15) is 14.2 Å². The lowest BCUT2D eigenvalue weighted by Crippen LogP contribution is -2.29. The first-order chi connectivity index (χ1) is 20.8. The summed E-state index contributed by atoms with van der Waals surface area (Å²) in [6.45, 7) is 3.53. The van der Waals surface area contributed by atoms with E-state index in [0.29, 0.717) is 12.8 Å². The third-order valence-electron chi connectivity index (χ3n) is 6.60. The third kappa shape index (κ3) is 32.8. The van der Waals surface area contributed by atoms with Gasteiger partial charge in [0.05, 0.1) is 6.61 Å². The molecule has 0 aliphatic heterocycles. The number of phosphoric ester groups is 1. The SMILES string of the molecule is CCCCC/C=C/C/C=C/C/C=C/C/C=C/CCCC(=O)OC[C@H](COP(=O)(O)O)OC(=O)CCCCCCCCCC. The molecule has 0 aliphatic rings. The van der Waals surface area contributed by atoms with Gasteiger partial charge in [-0.3, -0.25) is 14.1 Å². The summed E-state index contributed by atoms with van der Waals surface area (Å²) in [6.07, 6.45) is 34.3. The van der Waals surface area contributed by atoms with E-state index in [2.05, 4.69) is 60.9 Å². The summed E-state index contributed by atoms with van der Waals surface area (Å²) in [6, 6.07) is 0. The summed E-state index contributed by atoms with van der Waals surface area (Å²) in [5.74, 6) is -0.960. The molecule has 43 heavy (non-hydrogen) atoms. The summed E-state index contributed by atoms with van der Waals surface area (Å²) >= 11 is 0. The van der Waals surface area contributed by atoms with Gasteiger partial charge in [-0.2, -0.15) is 0 Å². The van der Waals surface area contributed by atoms with Gasteiger partial charge in [0.15, 0.2) is 6.10 Å². The number of allylic oxidation sites excluding steroid dienone is 8. The van der Waals surface area contributed by atoms with Gasteiger partial charge >= 0.3 is 19.8 Å². The number of carbonyl (C=O) groups is 2. The molecule has 0 unspecified atom stereocenters. The molecule has 0 rings (SSSR count). The fourth-order valence-corrected chi connectivity index (χ4v) is 4.49. The van der Waals surface area contributed by atoms with Gasteiger partial charge < -0.3 is 19.3 Å². The maximum Gasteiger partial charge on any atom is 0.469 e. The molecule has 0 spiro atoms. The maximum atomic E-state index is 12.2. The van der Waals surface area contributed by atoms with Crippen LogP contribution in [-0.2, 0) is 28.2 Å². The molecule has 9 heteroatoms. The van der Waals surface area contributed by atoms with Crippen molar-refractivity contribution in [2.45, 2.75) is 142 Å². The highest BCUT2D eigenvalue weighted by atomic mass is 31.2. The third-order valence-corrected chi connectivity index (χ3v) is 7.09. The molecule has 0 aromatic heterocycles. The van der Waals surface area contributed by atoms with Crippen LogP contribution < -0.4 is 0 Å². The molecule has 0 aliphatic carbocycles. The number of phosphoric acid groups is 1. The maximum absolute atomic E-state index is 12.2. The molecule has 0 heterocycles.